The predicted octanol–water partition coefficient (Wildman–Crippen LogP) is 0.188. The van der Waals surface area contributed by atoms with E-state index in [1.54, 1.807) is 0 Å². The van der Waals surface area contributed by atoms with Crippen LogP contribution in [0, 0.1) is 13.8 Å². The molecule has 0 unspecified atom stereocenters. The molecule has 1 aromatic carbocycles. The van der Waals surface area contributed by atoms with Crippen LogP contribution in [-0.2, 0) is 4.79 Å². The Bertz CT molecular complexity index is 357. The molecular formula is C13H21N2O2+. The number of benzene rings is 1. The molecule has 0 heterocycles. The fourth-order valence-electron chi connectivity index (χ4n) is 1.67. The van der Waals surface area contributed by atoms with Crippen molar-refractivity contribution in [1.82, 2.24) is 0 Å². The lowest BCUT2D eigenvalue weighted by molar-refractivity contribution is -0.644. The Morgan fingerprint density at radius 1 is 1.35 bits per heavy atom. The maximum Gasteiger partial charge on any atom is 0.279 e. The highest BCUT2D eigenvalue weighted by atomic mass is 16.3. The van der Waals surface area contributed by atoms with Crippen LogP contribution in [0.3, 0.4) is 0 Å². The summed E-state index contributed by atoms with van der Waals surface area (Å²) in [5, 5.41) is 13.4. The first-order valence-electron chi connectivity index (χ1n) is 5.93. The van der Waals surface area contributed by atoms with Gasteiger partial charge in [0.05, 0.1) is 6.54 Å². The second kappa shape index (κ2) is 7.04. The molecule has 94 valence electrons. The van der Waals surface area contributed by atoms with Gasteiger partial charge in [0.1, 0.15) is 0 Å². The zero-order valence-electron chi connectivity index (χ0n) is 10.5. The third kappa shape index (κ3) is 4.54. The molecule has 0 aliphatic rings. The van der Waals surface area contributed by atoms with E-state index in [-0.39, 0.29) is 12.5 Å². The van der Waals surface area contributed by atoms with E-state index in [2.05, 4.69) is 5.32 Å². The highest BCUT2D eigenvalue weighted by Gasteiger charge is 2.08. The number of aryl methyl sites for hydroxylation is 2. The van der Waals surface area contributed by atoms with Crippen LogP contribution in [0.25, 0.3) is 0 Å². The van der Waals surface area contributed by atoms with Crippen LogP contribution in [-0.4, -0.2) is 30.7 Å². The van der Waals surface area contributed by atoms with Crippen molar-refractivity contribution in [3.63, 3.8) is 0 Å². The van der Waals surface area contributed by atoms with E-state index in [1.165, 1.54) is 0 Å². The summed E-state index contributed by atoms with van der Waals surface area (Å²) in [7, 11) is 0. The maximum absolute atomic E-state index is 11.7. The Balaban J connectivity index is 2.45. The van der Waals surface area contributed by atoms with E-state index < -0.39 is 0 Å². The van der Waals surface area contributed by atoms with Crippen molar-refractivity contribution >= 4 is 11.6 Å². The summed E-state index contributed by atoms with van der Waals surface area (Å²) in [6, 6.07) is 5.95. The normalized spacial score (nSPS) is 10.3. The predicted molar refractivity (Wildman–Crippen MR) is 67.9 cm³/mol. The number of carbonyl (C=O) groups excluding carboxylic acids is 1. The molecule has 0 radical (unpaired) electrons. The van der Waals surface area contributed by atoms with Crippen LogP contribution < -0.4 is 10.6 Å². The van der Waals surface area contributed by atoms with Gasteiger partial charge in [-0.3, -0.25) is 4.79 Å². The van der Waals surface area contributed by atoms with Gasteiger partial charge >= 0.3 is 0 Å². The summed E-state index contributed by atoms with van der Waals surface area (Å²) in [6.07, 6.45) is 0.719. The molecule has 0 fully saturated rings. The molecule has 0 aromatic heterocycles. The quantitative estimate of drug-likeness (QED) is 0.618. The minimum absolute atomic E-state index is 0.000315. The molecule has 0 spiro atoms. The van der Waals surface area contributed by atoms with Gasteiger partial charge in [-0.1, -0.05) is 18.2 Å². The van der Waals surface area contributed by atoms with Gasteiger partial charge in [-0.2, -0.15) is 0 Å². The van der Waals surface area contributed by atoms with E-state index in [0.29, 0.717) is 6.54 Å². The lowest BCUT2D eigenvalue weighted by Crippen LogP contribution is -2.86. The molecule has 1 amide bonds. The molecule has 0 saturated heterocycles. The number of aliphatic hydroxyl groups excluding tert-OH is 1. The topological polar surface area (TPSA) is 65.9 Å². The summed E-state index contributed by atoms with van der Waals surface area (Å²) in [5.74, 6) is 0.000315. The second-order valence-electron chi connectivity index (χ2n) is 4.17. The Kier molecular flexibility index (Phi) is 5.66. The van der Waals surface area contributed by atoms with Gasteiger partial charge in [-0.25, -0.2) is 0 Å². The van der Waals surface area contributed by atoms with Crippen molar-refractivity contribution < 1.29 is 15.2 Å². The minimum atomic E-state index is 0.000315. The first-order valence-corrected chi connectivity index (χ1v) is 5.93. The van der Waals surface area contributed by atoms with Crippen molar-refractivity contribution in [2.75, 3.05) is 25.0 Å². The third-order valence-corrected chi connectivity index (χ3v) is 2.64. The fourth-order valence-corrected chi connectivity index (χ4v) is 1.67. The standard InChI is InChI=1S/C13H20N2O2/c1-10-5-3-6-11(2)13(10)15-12(17)9-14-7-4-8-16/h3,5-6,14,16H,4,7-9H2,1-2H3,(H,15,17)/p+1. The second-order valence-corrected chi connectivity index (χ2v) is 4.17. The van der Waals surface area contributed by atoms with E-state index in [4.69, 9.17) is 5.11 Å². The first-order chi connectivity index (χ1) is 8.15. The lowest BCUT2D eigenvalue weighted by atomic mass is 10.1. The number of aliphatic hydroxyl groups is 1. The smallest absolute Gasteiger partial charge is 0.279 e. The first kappa shape index (κ1) is 13.7. The third-order valence-electron chi connectivity index (χ3n) is 2.64. The average molecular weight is 237 g/mol. The molecule has 0 atom stereocenters. The van der Waals surface area contributed by atoms with Gasteiger partial charge < -0.3 is 15.7 Å². The molecule has 0 aliphatic heterocycles. The van der Waals surface area contributed by atoms with E-state index in [0.717, 1.165) is 29.8 Å². The monoisotopic (exact) mass is 237 g/mol. The summed E-state index contributed by atoms with van der Waals surface area (Å²) in [6.45, 7) is 5.32. The number of nitrogens with one attached hydrogen (secondary N) is 1. The summed E-state index contributed by atoms with van der Waals surface area (Å²) in [4.78, 5) is 11.7. The Hall–Kier alpha value is -1.39. The van der Waals surface area contributed by atoms with Crippen molar-refractivity contribution in [3.05, 3.63) is 29.3 Å². The van der Waals surface area contributed by atoms with E-state index in [1.807, 2.05) is 37.4 Å². The highest BCUT2D eigenvalue weighted by molar-refractivity contribution is 5.92. The SMILES string of the molecule is Cc1cccc(C)c1NC(=O)C[NH2+]CCCO. The van der Waals surface area contributed by atoms with Crippen molar-refractivity contribution in [2.45, 2.75) is 20.3 Å². The zero-order valence-corrected chi connectivity index (χ0v) is 10.5. The van der Waals surface area contributed by atoms with Gasteiger partial charge in [-0.05, 0) is 25.0 Å². The molecule has 0 aliphatic carbocycles. The number of para-hydroxylation sites is 1. The van der Waals surface area contributed by atoms with Crippen LogP contribution >= 0.6 is 0 Å². The van der Waals surface area contributed by atoms with Crippen LogP contribution in [0.15, 0.2) is 18.2 Å². The van der Waals surface area contributed by atoms with Crippen LogP contribution in [0.5, 0.6) is 0 Å². The van der Waals surface area contributed by atoms with Gasteiger partial charge in [0.2, 0.25) is 0 Å². The Morgan fingerprint density at radius 3 is 2.59 bits per heavy atom. The van der Waals surface area contributed by atoms with Gasteiger partial charge in [0.25, 0.3) is 5.91 Å². The summed E-state index contributed by atoms with van der Waals surface area (Å²) < 4.78 is 0. The molecule has 4 heteroatoms. The molecular weight excluding hydrogens is 216 g/mol. The maximum atomic E-state index is 11.7. The number of quaternary nitrogens is 1. The van der Waals surface area contributed by atoms with Crippen molar-refractivity contribution in [2.24, 2.45) is 0 Å². The van der Waals surface area contributed by atoms with Crippen LogP contribution in [0.1, 0.15) is 17.5 Å². The molecule has 4 N–H and O–H groups in total. The zero-order chi connectivity index (χ0) is 12.7. The van der Waals surface area contributed by atoms with Gasteiger partial charge in [-0.15, -0.1) is 0 Å². The molecule has 0 bridgehead atoms. The van der Waals surface area contributed by atoms with Crippen LogP contribution in [0.4, 0.5) is 5.69 Å². The van der Waals surface area contributed by atoms with Gasteiger partial charge in [0, 0.05) is 18.7 Å². The van der Waals surface area contributed by atoms with E-state index in [9.17, 15) is 4.79 Å². The summed E-state index contributed by atoms with van der Waals surface area (Å²) in [5.41, 5.74) is 3.07. The van der Waals surface area contributed by atoms with Crippen LogP contribution in [0.2, 0.25) is 0 Å². The number of hydrogen-bond donors (Lipinski definition) is 3. The minimum Gasteiger partial charge on any atom is -0.396 e. The lowest BCUT2D eigenvalue weighted by Gasteiger charge is -2.10. The molecule has 17 heavy (non-hydrogen) atoms. The summed E-state index contributed by atoms with van der Waals surface area (Å²) >= 11 is 0. The molecule has 1 aromatic rings. The number of amides is 1. The molecule has 0 saturated carbocycles. The Labute approximate surface area is 102 Å². The number of rotatable bonds is 6. The molecule has 4 nitrogen and oxygen atoms in total. The number of anilines is 1. The fraction of sp³-hybridized carbons (Fsp3) is 0.462. The highest BCUT2D eigenvalue weighted by Crippen LogP contribution is 2.18. The number of nitrogens with two attached hydrogens (primary N) is 1. The largest absolute Gasteiger partial charge is 0.396 e. The van der Waals surface area contributed by atoms with Crippen molar-refractivity contribution in [3.8, 4) is 0 Å². The molecule has 1 rings (SSSR count). The Morgan fingerprint density at radius 2 is 2.00 bits per heavy atom. The van der Waals surface area contributed by atoms with E-state index >= 15 is 0 Å². The average Bonchev–Trinajstić information content (AvgIpc) is 2.30. The van der Waals surface area contributed by atoms with Crippen molar-refractivity contribution in [1.29, 1.82) is 0 Å². The number of carbonyl (C=O) groups is 1. The number of hydrogen-bond acceptors (Lipinski definition) is 2. The van der Waals surface area contributed by atoms with Gasteiger partial charge in [0.15, 0.2) is 6.54 Å².